The van der Waals surface area contributed by atoms with Gasteiger partial charge in [0.05, 0.1) is 16.7 Å². The minimum Gasteiger partial charge on any atom is -0.489 e. The Balaban J connectivity index is 1.44. The average Bonchev–Trinajstić information content (AvgIpc) is 3.03. The maximum Gasteiger partial charge on any atom is 0.252 e. The van der Waals surface area contributed by atoms with E-state index in [0.717, 1.165) is 33.8 Å². The molecular formula is C26H24FN5O2S. The fourth-order valence-corrected chi connectivity index (χ4v) is 5.27. The second-order valence-corrected chi connectivity index (χ2v) is 9.53. The largest absolute Gasteiger partial charge is 0.489 e. The molecular weight excluding hydrogens is 465 g/mol. The highest BCUT2D eigenvalue weighted by Gasteiger charge is 2.31. The van der Waals surface area contributed by atoms with E-state index in [0.29, 0.717) is 29.9 Å². The van der Waals surface area contributed by atoms with Gasteiger partial charge in [-0.2, -0.15) is 9.78 Å². The molecule has 1 amide bonds. The van der Waals surface area contributed by atoms with Gasteiger partial charge in [0.1, 0.15) is 24.0 Å². The molecule has 0 spiro atoms. The number of anilines is 1. The third-order valence-corrected chi connectivity index (χ3v) is 6.94. The SMILES string of the molecule is Cc1cc(C)nc(-n2nc(C)c3c2NC(=O)CSC3c2ccc(OCc3ccc(F)cc3)cc2)n1. The summed E-state index contributed by atoms with van der Waals surface area (Å²) in [5, 5.41) is 7.61. The van der Waals surface area contributed by atoms with Crippen LogP contribution in [0, 0.1) is 26.6 Å². The number of nitrogens with zero attached hydrogens (tertiary/aromatic N) is 4. The van der Waals surface area contributed by atoms with E-state index in [9.17, 15) is 9.18 Å². The Hall–Kier alpha value is -3.72. The van der Waals surface area contributed by atoms with Crippen LogP contribution in [0.2, 0.25) is 0 Å². The van der Waals surface area contributed by atoms with Gasteiger partial charge in [-0.05, 0) is 62.2 Å². The predicted molar refractivity (Wildman–Crippen MR) is 133 cm³/mol. The van der Waals surface area contributed by atoms with Gasteiger partial charge >= 0.3 is 0 Å². The summed E-state index contributed by atoms with van der Waals surface area (Å²) in [5.74, 6) is 1.70. The molecule has 3 heterocycles. The molecule has 1 aliphatic rings. The Morgan fingerprint density at radius 3 is 2.43 bits per heavy atom. The predicted octanol–water partition coefficient (Wildman–Crippen LogP) is 5.08. The van der Waals surface area contributed by atoms with Gasteiger partial charge in [0.15, 0.2) is 0 Å². The van der Waals surface area contributed by atoms with Crippen LogP contribution < -0.4 is 10.1 Å². The smallest absolute Gasteiger partial charge is 0.252 e. The zero-order valence-electron chi connectivity index (χ0n) is 19.6. The van der Waals surface area contributed by atoms with Crippen molar-refractivity contribution in [1.29, 1.82) is 0 Å². The quantitative estimate of drug-likeness (QED) is 0.421. The Bertz CT molecular complexity index is 1370. The number of thioether (sulfide) groups is 1. The summed E-state index contributed by atoms with van der Waals surface area (Å²) in [5.41, 5.74) is 5.32. The number of halogens is 1. The number of carbonyl (C=O) groups is 1. The lowest BCUT2D eigenvalue weighted by Crippen LogP contribution is -2.17. The number of rotatable bonds is 5. The van der Waals surface area contributed by atoms with Crippen molar-refractivity contribution in [2.75, 3.05) is 11.1 Å². The van der Waals surface area contributed by atoms with E-state index in [1.165, 1.54) is 12.1 Å². The van der Waals surface area contributed by atoms with E-state index in [-0.39, 0.29) is 17.0 Å². The van der Waals surface area contributed by atoms with Crippen LogP contribution in [-0.2, 0) is 11.4 Å². The Morgan fingerprint density at radius 2 is 1.74 bits per heavy atom. The fourth-order valence-electron chi connectivity index (χ4n) is 4.08. The van der Waals surface area contributed by atoms with Gasteiger partial charge in [-0.25, -0.2) is 14.4 Å². The van der Waals surface area contributed by atoms with Crippen LogP contribution in [0.4, 0.5) is 10.2 Å². The van der Waals surface area contributed by atoms with Crippen molar-refractivity contribution in [3.05, 3.63) is 94.2 Å². The molecule has 35 heavy (non-hydrogen) atoms. The highest BCUT2D eigenvalue weighted by Crippen LogP contribution is 2.44. The molecule has 7 nitrogen and oxygen atoms in total. The number of aromatic nitrogens is 4. The number of hydrogen-bond acceptors (Lipinski definition) is 6. The Morgan fingerprint density at radius 1 is 1.06 bits per heavy atom. The van der Waals surface area contributed by atoms with Gasteiger partial charge < -0.3 is 10.1 Å². The first kappa shape index (κ1) is 23.0. The highest BCUT2D eigenvalue weighted by atomic mass is 32.2. The third-order valence-electron chi connectivity index (χ3n) is 5.67. The number of ether oxygens (including phenoxy) is 1. The minimum atomic E-state index is -0.269. The minimum absolute atomic E-state index is 0.0940. The molecule has 9 heteroatoms. The van der Waals surface area contributed by atoms with E-state index >= 15 is 0 Å². The molecule has 1 aliphatic heterocycles. The summed E-state index contributed by atoms with van der Waals surface area (Å²) in [6, 6.07) is 16.0. The molecule has 0 radical (unpaired) electrons. The molecule has 0 saturated carbocycles. The van der Waals surface area contributed by atoms with E-state index in [4.69, 9.17) is 9.84 Å². The van der Waals surface area contributed by atoms with Crippen LogP contribution >= 0.6 is 11.8 Å². The summed E-state index contributed by atoms with van der Waals surface area (Å²) in [6.07, 6.45) is 0. The normalized spacial score (nSPS) is 15.3. The van der Waals surface area contributed by atoms with Crippen LogP contribution in [0.5, 0.6) is 5.75 Å². The number of fused-ring (bicyclic) bond motifs is 1. The fraction of sp³-hybridized carbons (Fsp3) is 0.231. The third kappa shape index (κ3) is 4.90. The monoisotopic (exact) mass is 489 g/mol. The first-order chi connectivity index (χ1) is 16.9. The van der Waals surface area contributed by atoms with E-state index in [2.05, 4.69) is 15.3 Å². The summed E-state index contributed by atoms with van der Waals surface area (Å²) < 4.78 is 20.6. The maximum absolute atomic E-state index is 13.1. The molecule has 4 aromatic rings. The summed E-state index contributed by atoms with van der Waals surface area (Å²) in [6.45, 7) is 6.10. The molecule has 2 aromatic carbocycles. The molecule has 0 aliphatic carbocycles. The van der Waals surface area contributed by atoms with E-state index in [1.807, 2.05) is 51.1 Å². The molecule has 0 bridgehead atoms. The van der Waals surface area contributed by atoms with Crippen molar-refractivity contribution in [1.82, 2.24) is 19.7 Å². The van der Waals surface area contributed by atoms with Crippen molar-refractivity contribution < 1.29 is 13.9 Å². The zero-order valence-corrected chi connectivity index (χ0v) is 20.4. The van der Waals surface area contributed by atoms with Gasteiger partial charge in [-0.1, -0.05) is 24.3 Å². The summed E-state index contributed by atoms with van der Waals surface area (Å²) in [4.78, 5) is 21.7. The molecule has 1 N–H and O–H groups in total. The number of benzene rings is 2. The van der Waals surface area contributed by atoms with Crippen molar-refractivity contribution in [3.63, 3.8) is 0 Å². The van der Waals surface area contributed by atoms with Crippen LogP contribution in [-0.4, -0.2) is 31.4 Å². The number of amides is 1. The number of nitrogens with one attached hydrogen (secondary N) is 1. The van der Waals surface area contributed by atoms with Crippen molar-refractivity contribution in [2.24, 2.45) is 0 Å². The number of aryl methyl sites for hydroxylation is 3. The van der Waals surface area contributed by atoms with Crippen molar-refractivity contribution in [3.8, 4) is 11.7 Å². The molecule has 2 aromatic heterocycles. The first-order valence-corrected chi connectivity index (χ1v) is 12.2. The van der Waals surface area contributed by atoms with Crippen molar-refractivity contribution >= 4 is 23.5 Å². The second-order valence-electron chi connectivity index (χ2n) is 8.43. The van der Waals surface area contributed by atoms with Crippen LogP contribution in [0.3, 0.4) is 0 Å². The van der Waals surface area contributed by atoms with E-state index < -0.39 is 0 Å². The average molecular weight is 490 g/mol. The van der Waals surface area contributed by atoms with Gasteiger partial charge in [0, 0.05) is 17.0 Å². The second kappa shape index (κ2) is 9.50. The van der Waals surface area contributed by atoms with Crippen LogP contribution in [0.25, 0.3) is 5.95 Å². The number of hydrogen-bond donors (Lipinski definition) is 1. The Labute approximate surface area is 206 Å². The lowest BCUT2D eigenvalue weighted by atomic mass is 10.0. The maximum atomic E-state index is 13.1. The summed E-state index contributed by atoms with van der Waals surface area (Å²) >= 11 is 1.55. The molecule has 0 saturated heterocycles. The zero-order chi connectivity index (χ0) is 24.5. The van der Waals surface area contributed by atoms with Crippen LogP contribution in [0.15, 0.2) is 54.6 Å². The van der Waals surface area contributed by atoms with Gasteiger partial charge in [0.25, 0.3) is 5.95 Å². The van der Waals surface area contributed by atoms with Gasteiger partial charge in [0.2, 0.25) is 5.91 Å². The molecule has 1 atom stereocenters. The standard InChI is InChI=1S/C26H24FN5O2S/c1-15-12-16(2)29-26(28-15)32-25-23(17(3)31-32)24(35-14-22(33)30-25)19-6-10-21(11-7-19)34-13-18-4-8-20(27)9-5-18/h4-12,24H,13-14H2,1-3H3,(H,30,33). The topological polar surface area (TPSA) is 81.9 Å². The summed E-state index contributed by atoms with van der Waals surface area (Å²) in [7, 11) is 0. The van der Waals surface area contributed by atoms with Gasteiger partial charge in [-0.15, -0.1) is 11.8 Å². The lowest BCUT2D eigenvalue weighted by molar-refractivity contribution is -0.113. The molecule has 178 valence electrons. The lowest BCUT2D eigenvalue weighted by Gasteiger charge is -2.16. The molecule has 1 unspecified atom stereocenters. The first-order valence-electron chi connectivity index (χ1n) is 11.2. The van der Waals surface area contributed by atoms with Gasteiger partial charge in [-0.3, -0.25) is 4.79 Å². The molecule has 5 rings (SSSR count). The highest BCUT2D eigenvalue weighted by molar-refractivity contribution is 8.00. The number of carbonyl (C=O) groups excluding carboxylic acids is 1. The van der Waals surface area contributed by atoms with Crippen molar-refractivity contribution in [2.45, 2.75) is 32.6 Å². The van der Waals surface area contributed by atoms with Crippen LogP contribution in [0.1, 0.15) is 39.0 Å². The molecule has 0 fully saturated rings. The Kier molecular flexibility index (Phi) is 6.25. The van der Waals surface area contributed by atoms with E-state index in [1.54, 1.807) is 28.6 Å².